The lowest BCUT2D eigenvalue weighted by atomic mass is 10.1. The average molecular weight is 432 g/mol. The number of benzene rings is 1. The molecule has 1 aromatic carbocycles. The van der Waals surface area contributed by atoms with Gasteiger partial charge in [0.25, 0.3) is 5.56 Å². The highest BCUT2D eigenvalue weighted by Gasteiger charge is 2.22. The summed E-state index contributed by atoms with van der Waals surface area (Å²) in [6, 6.07) is 4.99. The second-order valence-corrected chi connectivity index (χ2v) is 8.05. The second kappa shape index (κ2) is 13.0. The van der Waals surface area contributed by atoms with Gasteiger partial charge in [0.05, 0.1) is 29.7 Å². The summed E-state index contributed by atoms with van der Waals surface area (Å²) in [7, 11) is 1.60. The fourth-order valence-electron chi connectivity index (χ4n) is 3.64. The van der Waals surface area contributed by atoms with E-state index in [2.05, 4.69) is 6.92 Å². The zero-order valence-electron chi connectivity index (χ0n) is 19.2. The molecule has 1 aromatic heterocycles. The van der Waals surface area contributed by atoms with Crippen LogP contribution >= 0.6 is 0 Å². The number of carbonyl (C=O) groups excluding carboxylic acids is 1. The van der Waals surface area contributed by atoms with E-state index >= 15 is 0 Å². The van der Waals surface area contributed by atoms with Gasteiger partial charge in [-0.3, -0.25) is 4.79 Å². The lowest BCUT2D eigenvalue weighted by Gasteiger charge is -2.15. The van der Waals surface area contributed by atoms with E-state index in [9.17, 15) is 14.7 Å². The van der Waals surface area contributed by atoms with Crippen molar-refractivity contribution in [3.05, 3.63) is 34.1 Å². The highest BCUT2D eigenvalue weighted by Crippen LogP contribution is 2.34. The van der Waals surface area contributed by atoms with Crippen molar-refractivity contribution in [3.8, 4) is 11.5 Å². The Morgan fingerprint density at radius 2 is 1.58 bits per heavy atom. The molecule has 0 atom stereocenters. The highest BCUT2D eigenvalue weighted by atomic mass is 16.5. The first kappa shape index (κ1) is 24.8. The number of ether oxygens (including phenoxy) is 2. The summed E-state index contributed by atoms with van der Waals surface area (Å²) in [4.78, 5) is 25.3. The van der Waals surface area contributed by atoms with Crippen molar-refractivity contribution >= 4 is 16.9 Å². The SMILES string of the molecule is CCCCCCCCCCOC(=O)c1cccc2c1c(O)c(OCCCC)c(=O)n2C. The molecule has 0 saturated heterocycles. The quantitative estimate of drug-likeness (QED) is 0.306. The molecular formula is C25H37NO5. The van der Waals surface area contributed by atoms with Gasteiger partial charge < -0.3 is 19.1 Å². The third-order valence-corrected chi connectivity index (χ3v) is 5.55. The number of hydrogen-bond acceptors (Lipinski definition) is 5. The summed E-state index contributed by atoms with van der Waals surface area (Å²) >= 11 is 0. The first-order valence-corrected chi connectivity index (χ1v) is 11.7. The van der Waals surface area contributed by atoms with Crippen LogP contribution in [0.15, 0.2) is 23.0 Å². The number of aromatic hydroxyl groups is 1. The van der Waals surface area contributed by atoms with Gasteiger partial charge in [-0.05, 0) is 25.0 Å². The maximum atomic E-state index is 12.7. The molecule has 0 bridgehead atoms. The number of fused-ring (bicyclic) bond motifs is 1. The number of hydrogen-bond donors (Lipinski definition) is 1. The maximum absolute atomic E-state index is 12.7. The van der Waals surface area contributed by atoms with Gasteiger partial charge in [-0.15, -0.1) is 0 Å². The van der Waals surface area contributed by atoms with E-state index in [0.29, 0.717) is 18.7 Å². The molecule has 31 heavy (non-hydrogen) atoms. The van der Waals surface area contributed by atoms with Crippen LogP contribution in [0.25, 0.3) is 10.9 Å². The third-order valence-electron chi connectivity index (χ3n) is 5.55. The van der Waals surface area contributed by atoms with Gasteiger partial charge >= 0.3 is 5.97 Å². The van der Waals surface area contributed by atoms with Crippen molar-refractivity contribution in [1.29, 1.82) is 0 Å². The van der Waals surface area contributed by atoms with Crippen molar-refractivity contribution in [3.63, 3.8) is 0 Å². The predicted molar refractivity (Wildman–Crippen MR) is 124 cm³/mol. The van der Waals surface area contributed by atoms with Gasteiger partial charge in [0.15, 0.2) is 5.75 Å². The molecule has 0 fully saturated rings. The Bertz CT molecular complexity index is 903. The number of rotatable bonds is 14. The normalized spacial score (nSPS) is 11.1. The summed E-state index contributed by atoms with van der Waals surface area (Å²) < 4.78 is 12.4. The lowest BCUT2D eigenvalue weighted by Crippen LogP contribution is -2.21. The average Bonchev–Trinajstić information content (AvgIpc) is 2.78. The van der Waals surface area contributed by atoms with E-state index in [1.54, 1.807) is 25.2 Å². The molecule has 6 heteroatoms. The largest absolute Gasteiger partial charge is 0.504 e. The lowest BCUT2D eigenvalue weighted by molar-refractivity contribution is 0.0499. The van der Waals surface area contributed by atoms with Crippen LogP contribution in [0.4, 0.5) is 0 Å². The molecule has 0 unspecified atom stereocenters. The zero-order valence-corrected chi connectivity index (χ0v) is 19.2. The van der Waals surface area contributed by atoms with E-state index in [1.165, 1.54) is 36.7 Å². The van der Waals surface area contributed by atoms with E-state index in [-0.39, 0.29) is 22.4 Å². The van der Waals surface area contributed by atoms with E-state index in [4.69, 9.17) is 9.47 Å². The number of unbranched alkanes of at least 4 members (excludes halogenated alkanes) is 8. The second-order valence-electron chi connectivity index (χ2n) is 8.05. The molecule has 0 aliphatic heterocycles. The van der Waals surface area contributed by atoms with Crippen LogP contribution < -0.4 is 10.3 Å². The third kappa shape index (κ3) is 6.74. The highest BCUT2D eigenvalue weighted by molar-refractivity contribution is 6.06. The molecule has 0 spiro atoms. The molecule has 2 aromatic rings. The van der Waals surface area contributed by atoms with Crippen LogP contribution in [0, 0.1) is 0 Å². The minimum absolute atomic E-state index is 0.119. The Hall–Kier alpha value is -2.50. The number of esters is 1. The van der Waals surface area contributed by atoms with Crippen LogP contribution in [-0.4, -0.2) is 28.9 Å². The molecule has 0 aliphatic rings. The standard InChI is InChI=1S/C25H37NO5/c1-4-6-8-9-10-11-12-13-18-31-25(29)19-15-14-16-20-21(19)22(27)23(24(28)26(20)3)30-17-7-5-2/h14-16,27H,4-13,17-18H2,1-3H3. The van der Waals surface area contributed by atoms with Crippen LogP contribution in [0.3, 0.4) is 0 Å². The smallest absolute Gasteiger partial charge is 0.338 e. The predicted octanol–water partition coefficient (Wildman–Crippen LogP) is 5.72. The minimum Gasteiger partial charge on any atom is -0.504 e. The van der Waals surface area contributed by atoms with Gasteiger partial charge in [0.1, 0.15) is 0 Å². The van der Waals surface area contributed by atoms with E-state index < -0.39 is 11.5 Å². The van der Waals surface area contributed by atoms with Crippen LogP contribution in [-0.2, 0) is 11.8 Å². The van der Waals surface area contributed by atoms with E-state index in [0.717, 1.165) is 32.1 Å². The first-order chi connectivity index (χ1) is 15.0. The number of pyridine rings is 1. The van der Waals surface area contributed by atoms with Crippen molar-refractivity contribution in [2.75, 3.05) is 13.2 Å². The molecule has 6 nitrogen and oxygen atoms in total. The van der Waals surface area contributed by atoms with Crippen molar-refractivity contribution in [1.82, 2.24) is 4.57 Å². The summed E-state index contributed by atoms with van der Waals surface area (Å²) in [6.45, 7) is 4.90. The summed E-state index contributed by atoms with van der Waals surface area (Å²) in [5.74, 6) is -0.914. The van der Waals surface area contributed by atoms with Crippen molar-refractivity contribution in [2.24, 2.45) is 7.05 Å². The molecule has 0 radical (unpaired) electrons. The number of nitrogens with zero attached hydrogens (tertiary/aromatic N) is 1. The fourth-order valence-corrected chi connectivity index (χ4v) is 3.64. The number of carbonyl (C=O) groups is 1. The van der Waals surface area contributed by atoms with Crippen molar-refractivity contribution < 1.29 is 19.4 Å². The molecule has 0 aliphatic carbocycles. The maximum Gasteiger partial charge on any atom is 0.338 e. The summed E-state index contributed by atoms with van der Waals surface area (Å²) in [6.07, 6.45) is 11.0. The van der Waals surface area contributed by atoms with Gasteiger partial charge in [-0.25, -0.2) is 4.79 Å². The minimum atomic E-state index is -0.498. The van der Waals surface area contributed by atoms with Crippen LogP contribution in [0.2, 0.25) is 0 Å². The fraction of sp³-hybridized carbons (Fsp3) is 0.600. The Balaban J connectivity index is 2.06. The Labute approximate surface area is 185 Å². The van der Waals surface area contributed by atoms with Crippen LogP contribution in [0.5, 0.6) is 11.5 Å². The summed E-state index contributed by atoms with van der Waals surface area (Å²) in [5, 5.41) is 11.1. The van der Waals surface area contributed by atoms with Crippen molar-refractivity contribution in [2.45, 2.75) is 78.1 Å². The Kier molecular flexibility index (Phi) is 10.4. The Morgan fingerprint density at radius 1 is 0.935 bits per heavy atom. The molecular weight excluding hydrogens is 394 g/mol. The molecule has 0 saturated carbocycles. The van der Waals surface area contributed by atoms with Gasteiger partial charge in [-0.2, -0.15) is 0 Å². The van der Waals surface area contributed by atoms with E-state index in [1.807, 2.05) is 6.92 Å². The zero-order chi connectivity index (χ0) is 22.6. The number of aromatic nitrogens is 1. The summed E-state index contributed by atoms with van der Waals surface area (Å²) in [5.41, 5.74) is 0.280. The number of aryl methyl sites for hydroxylation is 1. The molecule has 0 amide bonds. The van der Waals surface area contributed by atoms with Gasteiger partial charge in [0, 0.05) is 7.05 Å². The molecule has 172 valence electrons. The molecule has 1 N–H and O–H groups in total. The first-order valence-electron chi connectivity index (χ1n) is 11.7. The van der Waals surface area contributed by atoms with Crippen LogP contribution in [0.1, 0.15) is 88.4 Å². The monoisotopic (exact) mass is 431 g/mol. The molecule has 2 rings (SSSR count). The Morgan fingerprint density at radius 3 is 2.26 bits per heavy atom. The van der Waals surface area contributed by atoms with Gasteiger partial charge in [0.2, 0.25) is 5.75 Å². The molecule has 1 heterocycles. The van der Waals surface area contributed by atoms with Gasteiger partial charge in [-0.1, -0.05) is 71.3 Å². The topological polar surface area (TPSA) is 77.8 Å².